The minimum Gasteiger partial charge on any atom is -0.453 e. The molecule has 5 heteroatoms. The lowest BCUT2D eigenvalue weighted by Gasteiger charge is -2.09. The number of benzene rings is 1. The molecule has 0 saturated carbocycles. The number of rotatable bonds is 4. The van der Waals surface area contributed by atoms with Gasteiger partial charge in [-0.05, 0) is 48.9 Å². The first kappa shape index (κ1) is 13.8. The summed E-state index contributed by atoms with van der Waals surface area (Å²) in [5.41, 5.74) is 7.33. The molecule has 0 bridgehead atoms. The highest BCUT2D eigenvalue weighted by molar-refractivity contribution is 6.35. The van der Waals surface area contributed by atoms with Crippen molar-refractivity contribution in [2.45, 2.75) is 6.42 Å². The predicted octanol–water partition coefficient (Wildman–Crippen LogP) is 3.58. The highest BCUT2D eigenvalue weighted by Crippen LogP contribution is 2.32. The Kier molecular flexibility index (Phi) is 3.99. The molecule has 106 valence electrons. The summed E-state index contributed by atoms with van der Waals surface area (Å²) in [7, 11) is 0. The van der Waals surface area contributed by atoms with Gasteiger partial charge in [0.1, 0.15) is 11.3 Å². The van der Waals surface area contributed by atoms with Gasteiger partial charge in [-0.25, -0.2) is 0 Å². The Labute approximate surface area is 127 Å². The number of fused-ring (bicyclic) bond motifs is 1. The normalized spacial score (nSPS) is 10.8. The molecule has 0 radical (unpaired) electrons. The van der Waals surface area contributed by atoms with Crippen molar-refractivity contribution in [1.29, 1.82) is 0 Å². The molecule has 2 N–H and O–H groups in total. The molecule has 1 aromatic carbocycles. The fourth-order valence-electron chi connectivity index (χ4n) is 2.14. The van der Waals surface area contributed by atoms with Crippen LogP contribution in [0.3, 0.4) is 0 Å². The molecule has 3 aromatic rings. The number of hydrogen-bond acceptors (Lipinski definition) is 4. The van der Waals surface area contributed by atoms with Crippen molar-refractivity contribution in [1.82, 2.24) is 9.97 Å². The molecule has 0 aliphatic rings. The summed E-state index contributed by atoms with van der Waals surface area (Å²) in [6.45, 7) is 0.580. The van der Waals surface area contributed by atoms with Gasteiger partial charge in [-0.2, -0.15) is 0 Å². The number of nitrogens with two attached hydrogens (primary N) is 1. The number of hydrogen-bond donors (Lipinski definition) is 1. The van der Waals surface area contributed by atoms with Gasteiger partial charge >= 0.3 is 0 Å². The van der Waals surface area contributed by atoms with Gasteiger partial charge < -0.3 is 10.5 Å². The van der Waals surface area contributed by atoms with Crippen molar-refractivity contribution >= 4 is 22.5 Å². The summed E-state index contributed by atoms with van der Waals surface area (Å²) in [6.07, 6.45) is 5.94. The van der Waals surface area contributed by atoms with Crippen LogP contribution < -0.4 is 10.5 Å². The molecule has 21 heavy (non-hydrogen) atoms. The van der Waals surface area contributed by atoms with Crippen LogP contribution in [0.25, 0.3) is 10.9 Å². The highest BCUT2D eigenvalue weighted by atomic mass is 35.5. The quantitative estimate of drug-likeness (QED) is 0.800. The van der Waals surface area contributed by atoms with Gasteiger partial charge in [-0.3, -0.25) is 9.97 Å². The highest BCUT2D eigenvalue weighted by Gasteiger charge is 2.08. The topological polar surface area (TPSA) is 61.0 Å². The van der Waals surface area contributed by atoms with Gasteiger partial charge in [-0.15, -0.1) is 0 Å². The minimum atomic E-state index is 0.580. The minimum absolute atomic E-state index is 0.580. The molecule has 3 rings (SSSR count). The van der Waals surface area contributed by atoms with Crippen LogP contribution in [-0.4, -0.2) is 16.5 Å². The summed E-state index contributed by atoms with van der Waals surface area (Å²) < 4.78 is 5.91. The molecule has 2 aromatic heterocycles. The zero-order valence-corrected chi connectivity index (χ0v) is 12.0. The molecule has 0 aliphatic heterocycles. The lowest BCUT2D eigenvalue weighted by Crippen LogP contribution is -2.03. The van der Waals surface area contributed by atoms with Crippen molar-refractivity contribution in [2.24, 2.45) is 5.73 Å². The fourth-order valence-corrected chi connectivity index (χ4v) is 2.36. The van der Waals surface area contributed by atoms with Crippen LogP contribution in [0.15, 0.2) is 48.9 Å². The molecule has 2 heterocycles. The lowest BCUT2D eigenvalue weighted by molar-refractivity contribution is 0.484. The average molecular weight is 300 g/mol. The Bertz CT molecular complexity index is 776. The zero-order valence-electron chi connectivity index (χ0n) is 11.3. The number of aromatic nitrogens is 2. The summed E-state index contributed by atoms with van der Waals surface area (Å²) in [5.74, 6) is 1.32. The first-order chi connectivity index (χ1) is 10.3. The van der Waals surface area contributed by atoms with E-state index >= 15 is 0 Å². The van der Waals surface area contributed by atoms with E-state index in [4.69, 9.17) is 22.1 Å². The third-order valence-electron chi connectivity index (χ3n) is 3.11. The van der Waals surface area contributed by atoms with E-state index in [1.54, 1.807) is 24.7 Å². The van der Waals surface area contributed by atoms with E-state index in [-0.39, 0.29) is 0 Å². The summed E-state index contributed by atoms with van der Waals surface area (Å²) in [4.78, 5) is 8.52. The van der Waals surface area contributed by atoms with Crippen LogP contribution in [-0.2, 0) is 6.42 Å². The Balaban J connectivity index is 1.98. The van der Waals surface area contributed by atoms with Crippen LogP contribution in [0, 0.1) is 0 Å². The average Bonchev–Trinajstić information content (AvgIpc) is 2.51. The second kappa shape index (κ2) is 6.08. The van der Waals surface area contributed by atoms with Gasteiger partial charge in [0.15, 0.2) is 5.75 Å². The van der Waals surface area contributed by atoms with Crippen LogP contribution in [0.5, 0.6) is 11.5 Å². The Morgan fingerprint density at radius 2 is 2.10 bits per heavy atom. The molecule has 0 unspecified atom stereocenters. The molecule has 4 nitrogen and oxygen atoms in total. The zero-order chi connectivity index (χ0) is 14.7. The maximum Gasteiger partial charge on any atom is 0.153 e. The molecular weight excluding hydrogens is 286 g/mol. The maximum absolute atomic E-state index is 6.18. The number of ether oxygens (including phenoxy) is 1. The van der Waals surface area contributed by atoms with Gasteiger partial charge in [0, 0.05) is 17.8 Å². The standard InChI is InChI=1S/C16H14ClN3O/c17-14-3-4-15(16-13(14)2-1-7-20-16)21-12-8-11(5-6-18)9-19-10-12/h1-4,7-10H,5-6,18H2. The van der Waals surface area contributed by atoms with Crippen molar-refractivity contribution in [3.05, 3.63) is 59.5 Å². The van der Waals surface area contributed by atoms with Crippen LogP contribution in [0.4, 0.5) is 0 Å². The second-order valence-corrected chi connectivity index (χ2v) is 5.02. The first-order valence-electron chi connectivity index (χ1n) is 6.63. The molecule has 0 atom stereocenters. The van der Waals surface area contributed by atoms with Gasteiger partial charge in [0.25, 0.3) is 0 Å². The van der Waals surface area contributed by atoms with E-state index in [1.165, 1.54) is 0 Å². The Hall–Kier alpha value is -2.17. The largest absolute Gasteiger partial charge is 0.453 e. The van der Waals surface area contributed by atoms with Gasteiger partial charge in [0.2, 0.25) is 0 Å². The molecule has 0 spiro atoms. The summed E-state index contributed by atoms with van der Waals surface area (Å²) in [6, 6.07) is 9.32. The molecule has 0 amide bonds. The number of halogens is 1. The maximum atomic E-state index is 6.18. The van der Waals surface area contributed by atoms with Crippen molar-refractivity contribution < 1.29 is 4.74 Å². The molecule has 0 saturated heterocycles. The summed E-state index contributed by atoms with van der Waals surface area (Å²) in [5, 5.41) is 1.52. The molecule has 0 fully saturated rings. The van der Waals surface area contributed by atoms with E-state index in [0.717, 1.165) is 22.9 Å². The van der Waals surface area contributed by atoms with Crippen LogP contribution in [0.1, 0.15) is 5.56 Å². The van der Waals surface area contributed by atoms with Crippen molar-refractivity contribution in [3.63, 3.8) is 0 Å². The van der Waals surface area contributed by atoms with Crippen LogP contribution >= 0.6 is 11.6 Å². The smallest absolute Gasteiger partial charge is 0.153 e. The molecular formula is C16H14ClN3O. The second-order valence-electron chi connectivity index (χ2n) is 4.61. The van der Waals surface area contributed by atoms with E-state index in [0.29, 0.717) is 23.1 Å². The van der Waals surface area contributed by atoms with E-state index in [9.17, 15) is 0 Å². The summed E-state index contributed by atoms with van der Waals surface area (Å²) >= 11 is 6.18. The van der Waals surface area contributed by atoms with Gasteiger partial charge in [0.05, 0.1) is 11.2 Å². The van der Waals surface area contributed by atoms with Crippen molar-refractivity contribution in [3.8, 4) is 11.5 Å². The lowest BCUT2D eigenvalue weighted by atomic mass is 10.2. The first-order valence-corrected chi connectivity index (χ1v) is 7.01. The third kappa shape index (κ3) is 2.96. The predicted molar refractivity (Wildman–Crippen MR) is 83.8 cm³/mol. The number of nitrogens with zero attached hydrogens (tertiary/aromatic N) is 2. The fraction of sp³-hybridized carbons (Fsp3) is 0.125. The van der Waals surface area contributed by atoms with E-state index < -0.39 is 0 Å². The SMILES string of the molecule is NCCc1cncc(Oc2ccc(Cl)c3cccnc23)c1. The van der Waals surface area contributed by atoms with Gasteiger partial charge in [-0.1, -0.05) is 11.6 Å². The van der Waals surface area contributed by atoms with E-state index in [2.05, 4.69) is 9.97 Å². The van der Waals surface area contributed by atoms with Crippen LogP contribution in [0.2, 0.25) is 5.02 Å². The monoisotopic (exact) mass is 299 g/mol. The Morgan fingerprint density at radius 3 is 2.95 bits per heavy atom. The third-order valence-corrected chi connectivity index (χ3v) is 3.44. The van der Waals surface area contributed by atoms with E-state index in [1.807, 2.05) is 24.3 Å². The Morgan fingerprint density at radius 1 is 1.19 bits per heavy atom. The molecule has 0 aliphatic carbocycles. The number of pyridine rings is 2. The van der Waals surface area contributed by atoms with Crippen molar-refractivity contribution in [2.75, 3.05) is 6.54 Å².